The predicted octanol–water partition coefficient (Wildman–Crippen LogP) is 1.50. The molecule has 138 valence electrons. The molecule has 2 amide bonds. The summed E-state index contributed by atoms with van der Waals surface area (Å²) in [5, 5.41) is 6.00. The van der Waals surface area contributed by atoms with E-state index < -0.39 is 0 Å². The summed E-state index contributed by atoms with van der Waals surface area (Å²) in [6.07, 6.45) is 0. The van der Waals surface area contributed by atoms with Crippen LogP contribution >= 0.6 is 0 Å². The quantitative estimate of drug-likeness (QED) is 0.785. The van der Waals surface area contributed by atoms with E-state index in [2.05, 4.69) is 41.5 Å². The number of hydrogen-bond donors (Lipinski definition) is 2. The normalized spacial score (nSPS) is 15.4. The Kier molecular flexibility index (Phi) is 7.40. The molecule has 0 unspecified atom stereocenters. The second kappa shape index (κ2) is 9.53. The molecule has 1 saturated heterocycles. The lowest BCUT2D eigenvalue weighted by Crippen LogP contribution is -2.52. The van der Waals surface area contributed by atoms with E-state index in [1.54, 1.807) is 0 Å². The molecule has 0 atom stereocenters. The van der Waals surface area contributed by atoms with Crippen molar-refractivity contribution in [2.24, 2.45) is 0 Å². The van der Waals surface area contributed by atoms with Gasteiger partial charge in [-0.25, -0.2) is 0 Å². The molecule has 0 bridgehead atoms. The van der Waals surface area contributed by atoms with Gasteiger partial charge in [0.2, 0.25) is 11.8 Å². The van der Waals surface area contributed by atoms with Crippen LogP contribution in [0.3, 0.4) is 0 Å². The first-order valence-electron chi connectivity index (χ1n) is 9.10. The largest absolute Gasteiger partial charge is 0.339 e. The molecular formula is C19H30N4O2. The SMILES string of the molecule is CCNCC(=O)N1CCN(CC(=O)Nc2ccc(C(C)C)cc2)CC1. The molecule has 1 aromatic carbocycles. The number of amides is 2. The number of carbonyl (C=O) groups is 2. The number of likely N-dealkylation sites (N-methyl/N-ethyl adjacent to an activating group) is 1. The summed E-state index contributed by atoms with van der Waals surface area (Å²) in [6, 6.07) is 8.00. The Morgan fingerprint density at radius 3 is 2.28 bits per heavy atom. The van der Waals surface area contributed by atoms with E-state index in [4.69, 9.17) is 0 Å². The van der Waals surface area contributed by atoms with E-state index in [0.717, 1.165) is 25.3 Å². The van der Waals surface area contributed by atoms with Crippen molar-refractivity contribution in [3.63, 3.8) is 0 Å². The summed E-state index contributed by atoms with van der Waals surface area (Å²) in [6.45, 7) is 10.7. The minimum absolute atomic E-state index is 0.00952. The summed E-state index contributed by atoms with van der Waals surface area (Å²) < 4.78 is 0. The highest BCUT2D eigenvalue weighted by Crippen LogP contribution is 2.17. The van der Waals surface area contributed by atoms with Gasteiger partial charge in [-0.1, -0.05) is 32.9 Å². The fourth-order valence-electron chi connectivity index (χ4n) is 2.85. The standard InChI is InChI=1S/C19H30N4O2/c1-4-20-13-19(25)23-11-9-22(10-12-23)14-18(24)21-17-7-5-16(6-8-17)15(2)3/h5-8,15,20H,4,9-14H2,1-3H3,(H,21,24). The van der Waals surface area contributed by atoms with Gasteiger partial charge in [0.25, 0.3) is 0 Å². The van der Waals surface area contributed by atoms with Gasteiger partial charge in [-0.2, -0.15) is 0 Å². The number of anilines is 1. The Balaban J connectivity index is 1.74. The molecule has 1 heterocycles. The Bertz CT molecular complexity index is 563. The molecule has 1 aliphatic rings. The zero-order chi connectivity index (χ0) is 18.2. The highest BCUT2D eigenvalue weighted by molar-refractivity contribution is 5.92. The number of rotatable bonds is 7. The molecule has 2 rings (SSSR count). The van der Waals surface area contributed by atoms with Crippen LogP contribution in [0, 0.1) is 0 Å². The third kappa shape index (κ3) is 6.14. The number of nitrogens with zero attached hydrogens (tertiary/aromatic N) is 2. The number of piperazine rings is 1. The van der Waals surface area contributed by atoms with Crippen molar-refractivity contribution in [3.05, 3.63) is 29.8 Å². The Hall–Kier alpha value is -1.92. The van der Waals surface area contributed by atoms with Crippen LogP contribution < -0.4 is 10.6 Å². The Labute approximate surface area is 150 Å². The Morgan fingerprint density at radius 2 is 1.72 bits per heavy atom. The summed E-state index contributed by atoms with van der Waals surface area (Å²) in [7, 11) is 0. The first-order chi connectivity index (χ1) is 12.0. The van der Waals surface area contributed by atoms with Crippen LogP contribution in [0.4, 0.5) is 5.69 Å². The maximum absolute atomic E-state index is 12.2. The summed E-state index contributed by atoms with van der Waals surface area (Å²) in [4.78, 5) is 28.1. The molecular weight excluding hydrogens is 316 g/mol. The van der Waals surface area contributed by atoms with Crippen molar-refractivity contribution in [1.82, 2.24) is 15.1 Å². The topological polar surface area (TPSA) is 64.7 Å². The fourth-order valence-corrected chi connectivity index (χ4v) is 2.85. The zero-order valence-corrected chi connectivity index (χ0v) is 15.5. The van der Waals surface area contributed by atoms with Crippen molar-refractivity contribution < 1.29 is 9.59 Å². The summed E-state index contributed by atoms with van der Waals surface area (Å²) in [5.74, 6) is 0.609. The third-order valence-electron chi connectivity index (χ3n) is 4.48. The molecule has 0 aliphatic carbocycles. The van der Waals surface area contributed by atoms with E-state index in [0.29, 0.717) is 32.1 Å². The first kappa shape index (κ1) is 19.4. The lowest BCUT2D eigenvalue weighted by Gasteiger charge is -2.34. The molecule has 6 heteroatoms. The second-order valence-electron chi connectivity index (χ2n) is 6.76. The average molecular weight is 346 g/mol. The van der Waals surface area contributed by atoms with Crippen molar-refractivity contribution in [1.29, 1.82) is 0 Å². The van der Waals surface area contributed by atoms with Crippen LogP contribution in [0.15, 0.2) is 24.3 Å². The molecule has 25 heavy (non-hydrogen) atoms. The highest BCUT2D eigenvalue weighted by Gasteiger charge is 2.22. The van der Waals surface area contributed by atoms with Gasteiger partial charge in [0.15, 0.2) is 0 Å². The number of nitrogens with one attached hydrogen (secondary N) is 2. The van der Waals surface area contributed by atoms with E-state index >= 15 is 0 Å². The summed E-state index contributed by atoms with van der Waals surface area (Å²) in [5.41, 5.74) is 2.09. The number of carbonyl (C=O) groups excluding carboxylic acids is 2. The minimum Gasteiger partial charge on any atom is -0.339 e. The second-order valence-corrected chi connectivity index (χ2v) is 6.76. The number of benzene rings is 1. The molecule has 0 saturated carbocycles. The molecule has 0 spiro atoms. The maximum atomic E-state index is 12.2. The fraction of sp³-hybridized carbons (Fsp3) is 0.579. The van der Waals surface area contributed by atoms with Gasteiger partial charge in [0.05, 0.1) is 13.1 Å². The summed E-state index contributed by atoms with van der Waals surface area (Å²) >= 11 is 0. The average Bonchev–Trinajstić information content (AvgIpc) is 2.60. The van der Waals surface area contributed by atoms with E-state index in [-0.39, 0.29) is 11.8 Å². The van der Waals surface area contributed by atoms with E-state index in [1.807, 2.05) is 24.0 Å². The van der Waals surface area contributed by atoms with Crippen LogP contribution in [0.2, 0.25) is 0 Å². The molecule has 1 fully saturated rings. The monoisotopic (exact) mass is 346 g/mol. The van der Waals surface area contributed by atoms with Gasteiger partial charge < -0.3 is 15.5 Å². The molecule has 6 nitrogen and oxygen atoms in total. The van der Waals surface area contributed by atoms with Gasteiger partial charge in [0.1, 0.15) is 0 Å². The van der Waals surface area contributed by atoms with Crippen LogP contribution in [-0.2, 0) is 9.59 Å². The third-order valence-corrected chi connectivity index (χ3v) is 4.48. The highest BCUT2D eigenvalue weighted by atomic mass is 16.2. The van der Waals surface area contributed by atoms with Gasteiger partial charge in [-0.15, -0.1) is 0 Å². The minimum atomic E-state index is -0.00952. The van der Waals surface area contributed by atoms with E-state index in [9.17, 15) is 9.59 Å². The van der Waals surface area contributed by atoms with Gasteiger partial charge >= 0.3 is 0 Å². The van der Waals surface area contributed by atoms with Crippen LogP contribution in [0.5, 0.6) is 0 Å². The van der Waals surface area contributed by atoms with Crippen LogP contribution in [0.1, 0.15) is 32.3 Å². The molecule has 1 aliphatic heterocycles. The van der Waals surface area contributed by atoms with E-state index in [1.165, 1.54) is 5.56 Å². The maximum Gasteiger partial charge on any atom is 0.238 e. The van der Waals surface area contributed by atoms with Crippen molar-refractivity contribution in [2.45, 2.75) is 26.7 Å². The lowest BCUT2D eigenvalue weighted by molar-refractivity contribution is -0.132. The van der Waals surface area contributed by atoms with Gasteiger partial charge in [0, 0.05) is 31.9 Å². The molecule has 1 aromatic rings. The molecule has 2 N–H and O–H groups in total. The zero-order valence-electron chi connectivity index (χ0n) is 15.5. The van der Waals surface area contributed by atoms with Gasteiger partial charge in [-0.3, -0.25) is 14.5 Å². The molecule has 0 radical (unpaired) electrons. The van der Waals surface area contributed by atoms with Crippen molar-refractivity contribution in [3.8, 4) is 0 Å². The number of hydrogen-bond acceptors (Lipinski definition) is 4. The predicted molar refractivity (Wildman–Crippen MR) is 101 cm³/mol. The first-order valence-corrected chi connectivity index (χ1v) is 9.10. The van der Waals surface area contributed by atoms with Crippen LogP contribution in [-0.4, -0.2) is 67.4 Å². The van der Waals surface area contributed by atoms with Crippen molar-refractivity contribution in [2.75, 3.05) is 51.1 Å². The lowest BCUT2D eigenvalue weighted by atomic mass is 10.0. The smallest absolute Gasteiger partial charge is 0.238 e. The van der Waals surface area contributed by atoms with Gasteiger partial charge in [-0.05, 0) is 30.2 Å². The van der Waals surface area contributed by atoms with Crippen LogP contribution in [0.25, 0.3) is 0 Å². The molecule has 0 aromatic heterocycles. The van der Waals surface area contributed by atoms with Crippen molar-refractivity contribution >= 4 is 17.5 Å². The Morgan fingerprint density at radius 1 is 1.08 bits per heavy atom.